The highest BCUT2D eigenvalue weighted by Crippen LogP contribution is 1.99. The van der Waals surface area contributed by atoms with Gasteiger partial charge in [-0.1, -0.05) is 13.3 Å². The van der Waals surface area contributed by atoms with Crippen LogP contribution in [0.25, 0.3) is 0 Å². The van der Waals surface area contributed by atoms with E-state index in [9.17, 15) is 4.79 Å². The Bertz CT molecular complexity index is 137. The standard InChI is InChI=1S/C10H22N2O/c1-3-9(2)12-10(13)7-5-4-6-8-11/h9H,3-8,11H2,1-2H3,(H,12,13). The van der Waals surface area contributed by atoms with Crippen molar-refractivity contribution in [3.05, 3.63) is 0 Å². The number of rotatable bonds is 7. The van der Waals surface area contributed by atoms with Gasteiger partial charge in [0.15, 0.2) is 0 Å². The van der Waals surface area contributed by atoms with E-state index in [0.29, 0.717) is 12.5 Å². The van der Waals surface area contributed by atoms with E-state index >= 15 is 0 Å². The zero-order valence-electron chi connectivity index (χ0n) is 8.81. The van der Waals surface area contributed by atoms with Crippen molar-refractivity contribution in [1.29, 1.82) is 0 Å². The predicted octanol–water partition coefficient (Wildman–Crippen LogP) is 1.42. The van der Waals surface area contributed by atoms with Crippen LogP contribution in [-0.4, -0.2) is 18.5 Å². The Hall–Kier alpha value is -0.570. The summed E-state index contributed by atoms with van der Waals surface area (Å²) in [6.45, 7) is 4.82. The summed E-state index contributed by atoms with van der Waals surface area (Å²) in [6, 6.07) is 0.307. The van der Waals surface area contributed by atoms with E-state index in [1.165, 1.54) is 0 Å². The fraction of sp³-hybridized carbons (Fsp3) is 0.900. The van der Waals surface area contributed by atoms with Gasteiger partial charge < -0.3 is 11.1 Å². The van der Waals surface area contributed by atoms with Crippen LogP contribution in [0.1, 0.15) is 46.0 Å². The van der Waals surface area contributed by atoms with Crippen LogP contribution in [0.2, 0.25) is 0 Å². The summed E-state index contributed by atoms with van der Waals surface area (Å²) in [4.78, 5) is 11.2. The van der Waals surface area contributed by atoms with Crippen LogP contribution in [-0.2, 0) is 4.79 Å². The fourth-order valence-electron chi connectivity index (χ4n) is 1.06. The maximum absolute atomic E-state index is 11.2. The SMILES string of the molecule is CCC(C)NC(=O)CCCCCN. The molecule has 0 saturated heterocycles. The molecule has 0 fully saturated rings. The van der Waals surface area contributed by atoms with Crippen molar-refractivity contribution in [2.24, 2.45) is 5.73 Å². The fourth-order valence-corrected chi connectivity index (χ4v) is 1.06. The molecule has 13 heavy (non-hydrogen) atoms. The van der Waals surface area contributed by atoms with Crippen LogP contribution in [0.4, 0.5) is 0 Å². The summed E-state index contributed by atoms with van der Waals surface area (Å²) in [7, 11) is 0. The highest BCUT2D eigenvalue weighted by molar-refractivity contribution is 5.76. The second-order valence-electron chi connectivity index (χ2n) is 3.48. The summed E-state index contributed by atoms with van der Waals surface area (Å²) in [5.74, 6) is 0.173. The lowest BCUT2D eigenvalue weighted by Crippen LogP contribution is -2.31. The van der Waals surface area contributed by atoms with Gasteiger partial charge in [0, 0.05) is 12.5 Å². The smallest absolute Gasteiger partial charge is 0.220 e. The van der Waals surface area contributed by atoms with Crippen molar-refractivity contribution in [2.75, 3.05) is 6.54 Å². The predicted molar refractivity (Wildman–Crippen MR) is 55.4 cm³/mol. The van der Waals surface area contributed by atoms with Crippen LogP contribution in [0.5, 0.6) is 0 Å². The van der Waals surface area contributed by atoms with E-state index in [1.807, 2.05) is 6.92 Å². The van der Waals surface area contributed by atoms with Gasteiger partial charge in [-0.2, -0.15) is 0 Å². The first-order valence-corrected chi connectivity index (χ1v) is 5.20. The van der Waals surface area contributed by atoms with Gasteiger partial charge in [0.2, 0.25) is 5.91 Å². The zero-order valence-corrected chi connectivity index (χ0v) is 8.81. The number of hydrogen-bond donors (Lipinski definition) is 2. The maximum Gasteiger partial charge on any atom is 0.220 e. The molecule has 0 saturated carbocycles. The summed E-state index contributed by atoms with van der Waals surface area (Å²) >= 11 is 0. The molecule has 0 aliphatic carbocycles. The van der Waals surface area contributed by atoms with Gasteiger partial charge in [0.1, 0.15) is 0 Å². The molecule has 3 heteroatoms. The third-order valence-electron chi connectivity index (χ3n) is 2.13. The van der Waals surface area contributed by atoms with Crippen molar-refractivity contribution in [2.45, 2.75) is 52.0 Å². The number of nitrogens with one attached hydrogen (secondary N) is 1. The molecular formula is C10H22N2O. The minimum atomic E-state index is 0.173. The molecule has 0 rings (SSSR count). The van der Waals surface area contributed by atoms with Crippen LogP contribution in [0.3, 0.4) is 0 Å². The maximum atomic E-state index is 11.2. The minimum Gasteiger partial charge on any atom is -0.354 e. The summed E-state index contributed by atoms with van der Waals surface area (Å²) in [5, 5.41) is 2.94. The van der Waals surface area contributed by atoms with E-state index in [-0.39, 0.29) is 5.91 Å². The Labute approximate surface area is 81.1 Å². The highest BCUT2D eigenvalue weighted by atomic mass is 16.1. The number of nitrogens with two attached hydrogens (primary N) is 1. The lowest BCUT2D eigenvalue weighted by Gasteiger charge is -2.10. The van der Waals surface area contributed by atoms with Crippen molar-refractivity contribution >= 4 is 5.91 Å². The monoisotopic (exact) mass is 186 g/mol. The number of hydrogen-bond acceptors (Lipinski definition) is 2. The molecule has 3 N–H and O–H groups in total. The van der Waals surface area contributed by atoms with E-state index in [0.717, 1.165) is 32.2 Å². The number of unbranched alkanes of at least 4 members (excludes halogenated alkanes) is 2. The Kier molecular flexibility index (Phi) is 7.69. The average Bonchev–Trinajstić information content (AvgIpc) is 2.12. The van der Waals surface area contributed by atoms with Gasteiger partial charge in [-0.15, -0.1) is 0 Å². The normalized spacial score (nSPS) is 12.5. The third-order valence-corrected chi connectivity index (χ3v) is 2.13. The van der Waals surface area contributed by atoms with Crippen molar-refractivity contribution in [3.63, 3.8) is 0 Å². The lowest BCUT2D eigenvalue weighted by molar-refractivity contribution is -0.121. The first kappa shape index (κ1) is 12.4. The molecule has 1 unspecified atom stereocenters. The molecule has 0 aromatic heterocycles. The van der Waals surface area contributed by atoms with E-state index < -0.39 is 0 Å². The highest BCUT2D eigenvalue weighted by Gasteiger charge is 2.03. The number of carbonyl (C=O) groups is 1. The second kappa shape index (κ2) is 8.05. The molecule has 0 bridgehead atoms. The van der Waals surface area contributed by atoms with Gasteiger partial charge in [-0.05, 0) is 32.7 Å². The molecule has 0 aromatic carbocycles. The van der Waals surface area contributed by atoms with Crippen molar-refractivity contribution in [3.8, 4) is 0 Å². The molecule has 1 amide bonds. The summed E-state index contributed by atoms with van der Waals surface area (Å²) in [5.41, 5.74) is 5.35. The summed E-state index contributed by atoms with van der Waals surface area (Å²) in [6.07, 6.45) is 4.68. The molecule has 0 radical (unpaired) electrons. The summed E-state index contributed by atoms with van der Waals surface area (Å²) < 4.78 is 0. The molecule has 0 aromatic rings. The van der Waals surface area contributed by atoms with E-state index in [1.54, 1.807) is 0 Å². The van der Waals surface area contributed by atoms with E-state index in [2.05, 4.69) is 12.2 Å². The van der Waals surface area contributed by atoms with Crippen LogP contribution in [0.15, 0.2) is 0 Å². The Morgan fingerprint density at radius 1 is 1.38 bits per heavy atom. The Morgan fingerprint density at radius 3 is 2.62 bits per heavy atom. The molecule has 78 valence electrons. The Morgan fingerprint density at radius 2 is 2.08 bits per heavy atom. The van der Waals surface area contributed by atoms with Crippen LogP contribution in [0, 0.1) is 0 Å². The molecule has 0 aliphatic heterocycles. The van der Waals surface area contributed by atoms with Gasteiger partial charge in [0.05, 0.1) is 0 Å². The second-order valence-corrected chi connectivity index (χ2v) is 3.48. The molecule has 1 atom stereocenters. The lowest BCUT2D eigenvalue weighted by atomic mass is 10.1. The molecule has 0 heterocycles. The largest absolute Gasteiger partial charge is 0.354 e. The molecule has 0 aliphatic rings. The molecule has 0 spiro atoms. The van der Waals surface area contributed by atoms with Gasteiger partial charge >= 0.3 is 0 Å². The van der Waals surface area contributed by atoms with Crippen molar-refractivity contribution < 1.29 is 4.79 Å². The number of amides is 1. The first-order chi connectivity index (χ1) is 6.20. The quantitative estimate of drug-likeness (QED) is 0.591. The average molecular weight is 186 g/mol. The number of carbonyl (C=O) groups excluding carboxylic acids is 1. The van der Waals surface area contributed by atoms with Crippen molar-refractivity contribution in [1.82, 2.24) is 5.32 Å². The molecule has 3 nitrogen and oxygen atoms in total. The van der Waals surface area contributed by atoms with E-state index in [4.69, 9.17) is 5.73 Å². The molecular weight excluding hydrogens is 164 g/mol. The van der Waals surface area contributed by atoms with Crippen LogP contribution >= 0.6 is 0 Å². The van der Waals surface area contributed by atoms with Gasteiger partial charge in [-0.25, -0.2) is 0 Å². The first-order valence-electron chi connectivity index (χ1n) is 5.20. The van der Waals surface area contributed by atoms with Gasteiger partial charge in [-0.3, -0.25) is 4.79 Å². The Balaban J connectivity index is 3.30. The minimum absolute atomic E-state index is 0.173. The van der Waals surface area contributed by atoms with Crippen LogP contribution < -0.4 is 11.1 Å². The van der Waals surface area contributed by atoms with Gasteiger partial charge in [0.25, 0.3) is 0 Å². The topological polar surface area (TPSA) is 55.1 Å². The third kappa shape index (κ3) is 7.78. The zero-order chi connectivity index (χ0) is 10.1.